The lowest BCUT2D eigenvalue weighted by atomic mass is 10.1. The second-order valence-corrected chi connectivity index (χ2v) is 4.59. The molecule has 6 heteroatoms. The number of ether oxygens (including phenoxy) is 2. The summed E-state index contributed by atoms with van der Waals surface area (Å²) in [5.41, 5.74) is 0.862. The van der Waals surface area contributed by atoms with E-state index in [1.807, 2.05) is 30.3 Å². The number of aliphatic hydroxyl groups excluding tert-OH is 1. The van der Waals surface area contributed by atoms with Crippen LogP contribution in [0.5, 0.6) is 0 Å². The summed E-state index contributed by atoms with van der Waals surface area (Å²) < 4.78 is 9.80. The highest BCUT2D eigenvalue weighted by atomic mass is 16.6. The van der Waals surface area contributed by atoms with Crippen molar-refractivity contribution < 1.29 is 24.2 Å². The zero-order valence-electron chi connectivity index (χ0n) is 11.7. The molecule has 0 radical (unpaired) electrons. The highest BCUT2D eigenvalue weighted by molar-refractivity contribution is 5.92. The monoisotopic (exact) mass is 291 g/mol. The van der Waals surface area contributed by atoms with Crippen molar-refractivity contribution in [2.24, 2.45) is 0 Å². The van der Waals surface area contributed by atoms with Crippen molar-refractivity contribution in [3.05, 3.63) is 47.7 Å². The summed E-state index contributed by atoms with van der Waals surface area (Å²) in [4.78, 5) is 24.9. The van der Waals surface area contributed by atoms with Gasteiger partial charge in [-0.1, -0.05) is 30.3 Å². The first-order valence-corrected chi connectivity index (χ1v) is 6.58. The highest BCUT2D eigenvalue weighted by Gasteiger charge is 2.30. The van der Waals surface area contributed by atoms with Crippen LogP contribution < -0.4 is 0 Å². The zero-order valence-corrected chi connectivity index (χ0v) is 11.7. The van der Waals surface area contributed by atoms with E-state index in [-0.39, 0.29) is 18.8 Å². The van der Waals surface area contributed by atoms with E-state index in [2.05, 4.69) is 4.74 Å². The molecule has 1 N–H and O–H groups in total. The topological polar surface area (TPSA) is 76.1 Å². The molecule has 0 fully saturated rings. The van der Waals surface area contributed by atoms with E-state index in [0.29, 0.717) is 6.42 Å². The SMILES string of the molecule is COC(=O)C1=CC(O)CCN1C(=O)OCc1ccccc1. The van der Waals surface area contributed by atoms with Crippen LogP contribution >= 0.6 is 0 Å². The Kier molecular flexibility index (Phi) is 4.94. The van der Waals surface area contributed by atoms with Crippen molar-refractivity contribution in [3.8, 4) is 0 Å². The smallest absolute Gasteiger partial charge is 0.414 e. The van der Waals surface area contributed by atoms with Gasteiger partial charge in [-0.25, -0.2) is 9.59 Å². The normalized spacial score (nSPS) is 17.9. The van der Waals surface area contributed by atoms with Crippen molar-refractivity contribution >= 4 is 12.1 Å². The molecular weight excluding hydrogens is 274 g/mol. The maximum atomic E-state index is 12.1. The van der Waals surface area contributed by atoms with E-state index < -0.39 is 18.2 Å². The van der Waals surface area contributed by atoms with Crippen LogP contribution in [-0.2, 0) is 20.9 Å². The van der Waals surface area contributed by atoms with Gasteiger partial charge < -0.3 is 14.6 Å². The number of esters is 1. The van der Waals surface area contributed by atoms with Crippen LogP contribution in [-0.4, -0.2) is 41.8 Å². The predicted octanol–water partition coefficient (Wildman–Crippen LogP) is 1.45. The number of hydrogen-bond donors (Lipinski definition) is 1. The molecule has 1 amide bonds. The molecule has 112 valence electrons. The summed E-state index contributed by atoms with van der Waals surface area (Å²) >= 11 is 0. The quantitative estimate of drug-likeness (QED) is 0.853. The number of amides is 1. The Balaban J connectivity index is 2.03. The number of rotatable bonds is 3. The lowest BCUT2D eigenvalue weighted by molar-refractivity contribution is -0.138. The van der Waals surface area contributed by atoms with Crippen LogP contribution in [0.4, 0.5) is 4.79 Å². The number of carbonyl (C=O) groups is 2. The lowest BCUT2D eigenvalue weighted by Crippen LogP contribution is -2.40. The summed E-state index contributed by atoms with van der Waals surface area (Å²) in [6, 6.07) is 9.24. The molecule has 0 aliphatic carbocycles. The van der Waals surface area contributed by atoms with E-state index in [9.17, 15) is 14.7 Å². The second kappa shape index (κ2) is 6.90. The van der Waals surface area contributed by atoms with Gasteiger partial charge in [-0.2, -0.15) is 0 Å². The Labute approximate surface area is 122 Å². The standard InChI is InChI=1S/C15H17NO5/c1-20-14(18)13-9-12(17)7-8-16(13)15(19)21-10-11-5-3-2-4-6-11/h2-6,9,12,17H,7-8,10H2,1H3. The molecule has 0 saturated heterocycles. The van der Waals surface area contributed by atoms with Gasteiger partial charge in [-0.3, -0.25) is 4.90 Å². The number of carbonyl (C=O) groups excluding carboxylic acids is 2. The Morgan fingerprint density at radius 3 is 2.71 bits per heavy atom. The van der Waals surface area contributed by atoms with Crippen LogP contribution in [0.1, 0.15) is 12.0 Å². The second-order valence-electron chi connectivity index (χ2n) is 4.59. The molecule has 6 nitrogen and oxygen atoms in total. The van der Waals surface area contributed by atoms with Crippen molar-refractivity contribution in [2.45, 2.75) is 19.1 Å². The van der Waals surface area contributed by atoms with Gasteiger partial charge in [0.2, 0.25) is 0 Å². The number of methoxy groups -OCH3 is 1. The summed E-state index contributed by atoms with van der Waals surface area (Å²) in [5, 5.41) is 9.57. The highest BCUT2D eigenvalue weighted by Crippen LogP contribution is 2.18. The Hall–Kier alpha value is -2.34. The van der Waals surface area contributed by atoms with Crippen molar-refractivity contribution in [2.75, 3.05) is 13.7 Å². The molecule has 0 aromatic heterocycles. The third-order valence-electron chi connectivity index (χ3n) is 3.11. The largest absolute Gasteiger partial charge is 0.464 e. The minimum absolute atomic E-state index is 0.00862. The fourth-order valence-corrected chi connectivity index (χ4v) is 2.01. The molecule has 1 unspecified atom stereocenters. The van der Waals surface area contributed by atoms with Crippen molar-refractivity contribution in [1.29, 1.82) is 0 Å². The van der Waals surface area contributed by atoms with Gasteiger partial charge in [0.1, 0.15) is 12.3 Å². The number of nitrogens with zero attached hydrogens (tertiary/aromatic N) is 1. The average molecular weight is 291 g/mol. The number of hydrogen-bond acceptors (Lipinski definition) is 5. The van der Waals surface area contributed by atoms with Crippen molar-refractivity contribution in [3.63, 3.8) is 0 Å². The molecule has 2 rings (SSSR count). The molecule has 0 saturated carbocycles. The first-order valence-electron chi connectivity index (χ1n) is 6.58. The summed E-state index contributed by atoms with van der Waals surface area (Å²) in [5.74, 6) is -0.676. The molecule has 21 heavy (non-hydrogen) atoms. The first-order chi connectivity index (χ1) is 10.1. The molecule has 1 aliphatic rings. The molecule has 1 aromatic rings. The molecule has 1 heterocycles. The summed E-state index contributed by atoms with van der Waals surface area (Å²) in [6.07, 6.45) is 0.250. The molecule has 1 atom stereocenters. The van der Waals surface area contributed by atoms with E-state index in [1.165, 1.54) is 18.1 Å². The predicted molar refractivity (Wildman–Crippen MR) is 74.1 cm³/mol. The van der Waals surface area contributed by atoms with Crippen molar-refractivity contribution in [1.82, 2.24) is 4.90 Å². The van der Waals surface area contributed by atoms with Gasteiger partial charge in [-0.15, -0.1) is 0 Å². The molecule has 1 aromatic carbocycles. The maximum absolute atomic E-state index is 12.1. The van der Waals surface area contributed by atoms with Gasteiger partial charge in [0.05, 0.1) is 13.2 Å². The Morgan fingerprint density at radius 1 is 1.33 bits per heavy atom. The van der Waals surface area contributed by atoms with Gasteiger partial charge in [0.25, 0.3) is 0 Å². The summed E-state index contributed by atoms with van der Waals surface area (Å²) in [6.45, 7) is 0.322. The van der Waals surface area contributed by atoms with E-state index in [4.69, 9.17) is 4.74 Å². The molecule has 1 aliphatic heterocycles. The van der Waals surface area contributed by atoms with Gasteiger partial charge in [-0.05, 0) is 18.1 Å². The van der Waals surface area contributed by atoms with Crippen LogP contribution in [0.3, 0.4) is 0 Å². The van der Waals surface area contributed by atoms with Crippen LogP contribution in [0.25, 0.3) is 0 Å². The van der Waals surface area contributed by atoms with Gasteiger partial charge in [0, 0.05) is 6.54 Å². The average Bonchev–Trinajstić information content (AvgIpc) is 2.52. The fraction of sp³-hybridized carbons (Fsp3) is 0.333. The van der Waals surface area contributed by atoms with Crippen LogP contribution in [0.2, 0.25) is 0 Å². The first kappa shape index (κ1) is 15.1. The third-order valence-corrected chi connectivity index (χ3v) is 3.11. The van der Waals surface area contributed by atoms with E-state index in [1.54, 1.807) is 0 Å². The van der Waals surface area contributed by atoms with E-state index in [0.717, 1.165) is 5.56 Å². The molecule has 0 bridgehead atoms. The lowest BCUT2D eigenvalue weighted by Gasteiger charge is -2.28. The zero-order chi connectivity index (χ0) is 15.2. The van der Waals surface area contributed by atoms with Gasteiger partial charge in [0.15, 0.2) is 0 Å². The third kappa shape index (κ3) is 3.82. The number of benzene rings is 1. The Morgan fingerprint density at radius 2 is 2.05 bits per heavy atom. The summed E-state index contributed by atoms with van der Waals surface area (Å²) in [7, 11) is 1.22. The van der Waals surface area contributed by atoms with Crippen LogP contribution in [0.15, 0.2) is 42.1 Å². The van der Waals surface area contributed by atoms with Crippen LogP contribution in [0, 0.1) is 0 Å². The Bertz CT molecular complexity index is 540. The van der Waals surface area contributed by atoms with Gasteiger partial charge >= 0.3 is 12.1 Å². The molecule has 0 spiro atoms. The maximum Gasteiger partial charge on any atom is 0.414 e. The minimum Gasteiger partial charge on any atom is -0.464 e. The number of aliphatic hydroxyl groups is 1. The molecular formula is C15H17NO5. The van der Waals surface area contributed by atoms with E-state index >= 15 is 0 Å². The fourth-order valence-electron chi connectivity index (χ4n) is 2.01. The minimum atomic E-state index is -0.766.